The smallest absolute Gasteiger partial charge is 0.293 e. The van der Waals surface area contributed by atoms with Crippen molar-refractivity contribution in [3.05, 3.63) is 23.8 Å². The largest absolute Gasteiger partial charge is 0.497 e. The predicted molar refractivity (Wildman–Crippen MR) is 58.0 cm³/mol. The third kappa shape index (κ3) is 1.67. The Bertz CT molecular complexity index is 566. The Morgan fingerprint density at radius 1 is 1.35 bits per heavy atom. The predicted octanol–water partition coefficient (Wildman–Crippen LogP) is 0.791. The second kappa shape index (κ2) is 4.01. The molecule has 1 aromatic rings. The van der Waals surface area contributed by atoms with Crippen LogP contribution in [0, 0.1) is 0 Å². The van der Waals surface area contributed by atoms with Crippen LogP contribution in [0.3, 0.4) is 0 Å². The second-order valence-electron chi connectivity index (χ2n) is 3.32. The van der Waals surface area contributed by atoms with Gasteiger partial charge in [0.2, 0.25) is 0 Å². The summed E-state index contributed by atoms with van der Waals surface area (Å²) >= 11 is 0. The zero-order chi connectivity index (χ0) is 12.6. The van der Waals surface area contributed by atoms with Gasteiger partial charge in [0.05, 0.1) is 19.3 Å². The number of amides is 1. The fraction of sp³-hybridized carbons (Fsp3) is 0.300. The van der Waals surface area contributed by atoms with Crippen molar-refractivity contribution in [1.82, 2.24) is 4.47 Å². The first kappa shape index (κ1) is 11.9. The van der Waals surface area contributed by atoms with Crippen LogP contribution in [0.25, 0.3) is 0 Å². The summed E-state index contributed by atoms with van der Waals surface area (Å²) < 4.78 is 29.3. The number of benzene rings is 1. The Balaban J connectivity index is 2.59. The molecule has 1 amide bonds. The molecule has 0 radical (unpaired) electrons. The minimum atomic E-state index is -3.91. The van der Waals surface area contributed by atoms with Crippen LogP contribution < -0.4 is 4.74 Å². The molecular weight excluding hydrogens is 246 g/mol. The van der Waals surface area contributed by atoms with Crippen LogP contribution >= 0.6 is 0 Å². The molecule has 92 valence electrons. The second-order valence-corrected chi connectivity index (χ2v) is 5.04. The summed E-state index contributed by atoms with van der Waals surface area (Å²) in [5.74, 6) is -0.303. The molecule has 17 heavy (non-hydrogen) atoms. The zero-order valence-corrected chi connectivity index (χ0v) is 10.2. The molecule has 1 aliphatic rings. The first-order chi connectivity index (χ1) is 8.02. The minimum Gasteiger partial charge on any atom is -0.497 e. The Morgan fingerprint density at radius 2 is 2.06 bits per heavy atom. The minimum absolute atomic E-state index is 0.0877. The summed E-state index contributed by atoms with van der Waals surface area (Å²) in [5.41, 5.74) is 0.0965. The van der Waals surface area contributed by atoms with Gasteiger partial charge in [0.25, 0.3) is 15.9 Å². The number of hydrogen-bond donors (Lipinski definition) is 0. The van der Waals surface area contributed by atoms with E-state index in [0.29, 0.717) is 10.2 Å². The highest BCUT2D eigenvalue weighted by Gasteiger charge is 2.42. The van der Waals surface area contributed by atoms with Gasteiger partial charge < -0.3 is 4.74 Å². The fourth-order valence-electron chi connectivity index (χ4n) is 1.56. The van der Waals surface area contributed by atoms with Gasteiger partial charge in [-0.2, -0.15) is 8.42 Å². The van der Waals surface area contributed by atoms with E-state index in [-0.39, 0.29) is 17.1 Å². The Morgan fingerprint density at radius 3 is 2.65 bits per heavy atom. The molecule has 0 aromatic heterocycles. The molecule has 0 atom stereocenters. The van der Waals surface area contributed by atoms with Crippen molar-refractivity contribution in [2.24, 2.45) is 0 Å². The van der Waals surface area contributed by atoms with Gasteiger partial charge in [-0.3, -0.25) is 9.63 Å². The molecule has 1 aliphatic heterocycles. The molecule has 1 aromatic carbocycles. The number of nitrogens with zero attached hydrogens (tertiary/aromatic N) is 1. The number of fused-ring (bicyclic) bond motifs is 1. The van der Waals surface area contributed by atoms with E-state index in [4.69, 9.17) is 9.57 Å². The van der Waals surface area contributed by atoms with Crippen LogP contribution in [0.5, 0.6) is 5.75 Å². The van der Waals surface area contributed by atoms with Crippen molar-refractivity contribution in [2.75, 3.05) is 13.7 Å². The molecule has 0 bridgehead atoms. The van der Waals surface area contributed by atoms with Crippen LogP contribution in [0.15, 0.2) is 23.1 Å². The van der Waals surface area contributed by atoms with Crippen LogP contribution in [0.2, 0.25) is 0 Å². The maximum atomic E-state index is 12.0. The molecule has 7 heteroatoms. The maximum Gasteiger partial charge on any atom is 0.293 e. The Kier molecular flexibility index (Phi) is 2.80. The normalized spacial score (nSPS) is 17.1. The SMILES string of the molecule is CCON1C(=O)c2ccc(OC)cc2S1(=O)=O. The number of carbonyl (C=O) groups is 1. The lowest BCUT2D eigenvalue weighted by Crippen LogP contribution is -2.30. The standard InChI is InChI=1S/C10H11NO5S/c1-3-16-11-10(12)8-5-4-7(15-2)6-9(8)17(11,13)14/h4-6H,3H2,1-2H3. The summed E-state index contributed by atoms with van der Waals surface area (Å²) in [5, 5.41) is 0. The number of rotatable bonds is 3. The number of ether oxygens (including phenoxy) is 1. The number of carbonyl (C=O) groups excluding carboxylic acids is 1. The van der Waals surface area contributed by atoms with E-state index < -0.39 is 15.9 Å². The number of hydrogen-bond acceptors (Lipinski definition) is 5. The molecule has 1 heterocycles. The molecule has 0 fully saturated rings. The van der Waals surface area contributed by atoms with Crippen LogP contribution in [-0.2, 0) is 14.9 Å². The number of methoxy groups -OCH3 is 1. The summed E-state index contributed by atoms with van der Waals surface area (Å²) in [6.07, 6.45) is 0. The van der Waals surface area contributed by atoms with Crippen LogP contribution in [0.4, 0.5) is 0 Å². The Hall–Kier alpha value is -1.60. The maximum absolute atomic E-state index is 12.0. The van der Waals surface area contributed by atoms with Crippen molar-refractivity contribution >= 4 is 15.9 Å². The van der Waals surface area contributed by atoms with E-state index in [0.717, 1.165) is 0 Å². The van der Waals surface area contributed by atoms with E-state index in [9.17, 15) is 13.2 Å². The van der Waals surface area contributed by atoms with Gasteiger partial charge in [-0.25, -0.2) is 0 Å². The topological polar surface area (TPSA) is 72.9 Å². The van der Waals surface area contributed by atoms with E-state index in [1.807, 2.05) is 0 Å². The highest BCUT2D eigenvalue weighted by molar-refractivity contribution is 7.90. The summed E-state index contributed by atoms with van der Waals surface area (Å²) in [6, 6.07) is 4.25. The Labute approximate surface area is 98.7 Å². The van der Waals surface area contributed by atoms with Gasteiger partial charge in [0.15, 0.2) is 0 Å². The highest BCUT2D eigenvalue weighted by atomic mass is 32.2. The van der Waals surface area contributed by atoms with E-state index in [2.05, 4.69) is 0 Å². The van der Waals surface area contributed by atoms with Gasteiger partial charge in [0, 0.05) is 6.07 Å². The third-order valence-electron chi connectivity index (χ3n) is 2.33. The molecule has 0 saturated heterocycles. The number of sulfonamides is 1. The van der Waals surface area contributed by atoms with Crippen molar-refractivity contribution in [1.29, 1.82) is 0 Å². The van der Waals surface area contributed by atoms with E-state index in [1.165, 1.54) is 25.3 Å². The summed E-state index contributed by atoms with van der Waals surface area (Å²) in [7, 11) is -2.49. The van der Waals surface area contributed by atoms with Gasteiger partial charge in [0.1, 0.15) is 10.6 Å². The monoisotopic (exact) mass is 257 g/mol. The lowest BCUT2D eigenvalue weighted by Gasteiger charge is -2.12. The number of hydroxylamine groups is 1. The van der Waals surface area contributed by atoms with Crippen LogP contribution in [-0.4, -0.2) is 32.5 Å². The first-order valence-electron chi connectivity index (χ1n) is 4.93. The van der Waals surface area contributed by atoms with Crippen molar-refractivity contribution in [2.45, 2.75) is 11.8 Å². The fourth-order valence-corrected chi connectivity index (χ4v) is 3.00. The average Bonchev–Trinajstić information content (AvgIpc) is 2.51. The quantitative estimate of drug-likeness (QED) is 0.800. The van der Waals surface area contributed by atoms with Gasteiger partial charge in [-0.1, -0.05) is 0 Å². The molecule has 0 saturated carbocycles. The van der Waals surface area contributed by atoms with Crippen molar-refractivity contribution in [3.63, 3.8) is 0 Å². The summed E-state index contributed by atoms with van der Waals surface area (Å²) in [4.78, 5) is 16.5. The van der Waals surface area contributed by atoms with Crippen molar-refractivity contribution < 1.29 is 22.8 Å². The lowest BCUT2D eigenvalue weighted by molar-refractivity contribution is -0.0508. The highest BCUT2D eigenvalue weighted by Crippen LogP contribution is 2.32. The van der Waals surface area contributed by atoms with E-state index in [1.54, 1.807) is 6.92 Å². The molecule has 0 spiro atoms. The molecular formula is C10H11NO5S. The first-order valence-corrected chi connectivity index (χ1v) is 6.37. The van der Waals surface area contributed by atoms with Gasteiger partial charge in [-0.15, -0.1) is 4.47 Å². The zero-order valence-electron chi connectivity index (χ0n) is 9.34. The molecule has 0 unspecified atom stereocenters. The molecule has 0 aliphatic carbocycles. The molecule has 0 N–H and O–H groups in total. The van der Waals surface area contributed by atoms with Gasteiger partial charge >= 0.3 is 0 Å². The van der Waals surface area contributed by atoms with E-state index >= 15 is 0 Å². The third-order valence-corrected chi connectivity index (χ3v) is 3.93. The molecule has 6 nitrogen and oxygen atoms in total. The molecule has 2 rings (SSSR count). The summed E-state index contributed by atoms with van der Waals surface area (Å²) in [6.45, 7) is 1.70. The van der Waals surface area contributed by atoms with Crippen molar-refractivity contribution in [3.8, 4) is 5.75 Å². The lowest BCUT2D eigenvalue weighted by atomic mass is 10.2. The van der Waals surface area contributed by atoms with Gasteiger partial charge in [-0.05, 0) is 19.1 Å². The average molecular weight is 257 g/mol. The van der Waals surface area contributed by atoms with Crippen LogP contribution in [0.1, 0.15) is 17.3 Å².